The second-order valence-corrected chi connectivity index (χ2v) is 8.88. The summed E-state index contributed by atoms with van der Waals surface area (Å²) in [6, 6.07) is 6.04. The summed E-state index contributed by atoms with van der Waals surface area (Å²) in [5.41, 5.74) is 8.86. The van der Waals surface area contributed by atoms with Crippen molar-refractivity contribution in [1.82, 2.24) is 15.3 Å². The number of aryl methyl sites for hydroxylation is 1. The lowest BCUT2D eigenvalue weighted by Gasteiger charge is -2.22. The van der Waals surface area contributed by atoms with Crippen LogP contribution < -0.4 is 25.8 Å². The number of aromatic nitrogens is 2. The number of nitrogen functional groups attached to an aromatic ring is 1. The van der Waals surface area contributed by atoms with E-state index in [1.165, 1.54) is 0 Å². The Labute approximate surface area is 216 Å². The summed E-state index contributed by atoms with van der Waals surface area (Å²) in [5, 5.41) is 15.6. The summed E-state index contributed by atoms with van der Waals surface area (Å²) in [5.74, 6) is 2.51. The first-order valence-electron chi connectivity index (χ1n) is 13.1. The summed E-state index contributed by atoms with van der Waals surface area (Å²) in [6.07, 6.45) is 5.63. The van der Waals surface area contributed by atoms with Crippen molar-refractivity contribution in [2.45, 2.75) is 65.3 Å². The molecule has 2 rings (SSSR count). The zero-order valence-corrected chi connectivity index (χ0v) is 22.4. The minimum atomic E-state index is 0.140. The van der Waals surface area contributed by atoms with Crippen LogP contribution in [0.5, 0.6) is 11.5 Å². The van der Waals surface area contributed by atoms with Crippen LogP contribution in [0.2, 0.25) is 0 Å². The highest BCUT2D eigenvalue weighted by molar-refractivity contribution is 5.54. The monoisotopic (exact) mass is 503 g/mol. The van der Waals surface area contributed by atoms with Crippen LogP contribution in [0.4, 0.5) is 11.8 Å². The Hall–Kier alpha value is -2.62. The van der Waals surface area contributed by atoms with Gasteiger partial charge in [-0.05, 0) is 44.4 Å². The summed E-state index contributed by atoms with van der Waals surface area (Å²) in [6.45, 7) is 9.79. The molecule has 0 radical (unpaired) electrons. The van der Waals surface area contributed by atoms with Gasteiger partial charge in [0.15, 0.2) is 0 Å². The fourth-order valence-corrected chi connectivity index (χ4v) is 3.90. The molecule has 1 aromatic carbocycles. The SMILES string of the molecule is CCCCOC[C@H](CCC)Nc1nc(N)nc(C)c1Cc1ccc(OCCCNCCO)cc1OC. The number of hydrogen-bond donors (Lipinski definition) is 4. The number of nitrogens with one attached hydrogen (secondary N) is 2. The number of methoxy groups -OCH3 is 1. The molecule has 1 heterocycles. The first kappa shape index (κ1) is 29.6. The van der Waals surface area contributed by atoms with E-state index >= 15 is 0 Å². The first-order valence-corrected chi connectivity index (χ1v) is 13.1. The lowest BCUT2D eigenvalue weighted by atomic mass is 10.0. The van der Waals surface area contributed by atoms with Gasteiger partial charge in [0.25, 0.3) is 0 Å². The Morgan fingerprint density at radius 3 is 2.64 bits per heavy atom. The second-order valence-electron chi connectivity index (χ2n) is 8.88. The van der Waals surface area contributed by atoms with Crippen LogP contribution in [0.15, 0.2) is 18.2 Å². The fraction of sp³-hybridized carbons (Fsp3) is 0.630. The molecule has 9 nitrogen and oxygen atoms in total. The molecule has 0 fully saturated rings. The van der Waals surface area contributed by atoms with Gasteiger partial charge in [0.2, 0.25) is 5.95 Å². The Morgan fingerprint density at radius 2 is 1.92 bits per heavy atom. The number of aliphatic hydroxyl groups excluding tert-OH is 1. The lowest BCUT2D eigenvalue weighted by Crippen LogP contribution is -2.27. The average Bonchev–Trinajstić information content (AvgIpc) is 2.86. The van der Waals surface area contributed by atoms with E-state index in [2.05, 4.69) is 34.4 Å². The van der Waals surface area contributed by atoms with E-state index in [1.54, 1.807) is 7.11 Å². The summed E-state index contributed by atoms with van der Waals surface area (Å²) in [7, 11) is 1.66. The molecule has 0 bridgehead atoms. The van der Waals surface area contributed by atoms with Gasteiger partial charge in [-0.15, -0.1) is 0 Å². The van der Waals surface area contributed by atoms with Crippen molar-refractivity contribution >= 4 is 11.8 Å². The molecule has 0 saturated heterocycles. The van der Waals surface area contributed by atoms with Gasteiger partial charge in [-0.25, -0.2) is 4.98 Å². The minimum Gasteiger partial charge on any atom is -0.496 e. The molecule has 0 aliphatic carbocycles. The van der Waals surface area contributed by atoms with Gasteiger partial charge in [-0.1, -0.05) is 32.8 Å². The number of nitrogens with zero attached hydrogens (tertiary/aromatic N) is 2. The van der Waals surface area contributed by atoms with E-state index in [9.17, 15) is 0 Å². The highest BCUT2D eigenvalue weighted by Crippen LogP contribution is 2.30. The lowest BCUT2D eigenvalue weighted by molar-refractivity contribution is 0.120. The summed E-state index contributed by atoms with van der Waals surface area (Å²) < 4.78 is 17.5. The molecule has 36 heavy (non-hydrogen) atoms. The molecule has 0 spiro atoms. The molecule has 5 N–H and O–H groups in total. The van der Waals surface area contributed by atoms with Crippen molar-refractivity contribution in [2.75, 3.05) is 57.7 Å². The van der Waals surface area contributed by atoms with Gasteiger partial charge < -0.3 is 35.7 Å². The van der Waals surface area contributed by atoms with E-state index in [4.69, 9.17) is 25.1 Å². The number of unbranched alkanes of at least 4 members (excludes halogenated alkanes) is 1. The predicted molar refractivity (Wildman–Crippen MR) is 145 cm³/mol. The zero-order chi connectivity index (χ0) is 26.2. The first-order chi connectivity index (χ1) is 17.5. The summed E-state index contributed by atoms with van der Waals surface area (Å²) in [4.78, 5) is 8.98. The van der Waals surface area contributed by atoms with Gasteiger partial charge in [0, 0.05) is 36.9 Å². The Bertz CT molecular complexity index is 897. The summed E-state index contributed by atoms with van der Waals surface area (Å²) >= 11 is 0. The van der Waals surface area contributed by atoms with Crippen LogP contribution >= 0.6 is 0 Å². The quantitative estimate of drug-likeness (QED) is 0.212. The van der Waals surface area contributed by atoms with Crippen molar-refractivity contribution in [2.24, 2.45) is 0 Å². The highest BCUT2D eigenvalue weighted by Gasteiger charge is 2.18. The topological polar surface area (TPSA) is 124 Å². The van der Waals surface area contributed by atoms with Gasteiger partial charge in [-0.2, -0.15) is 4.98 Å². The third kappa shape index (κ3) is 10.2. The molecule has 0 aliphatic heterocycles. The average molecular weight is 504 g/mol. The molecular weight excluding hydrogens is 458 g/mol. The van der Waals surface area contributed by atoms with Crippen LogP contribution in [0, 0.1) is 6.92 Å². The van der Waals surface area contributed by atoms with Crippen LogP contribution in [-0.4, -0.2) is 67.7 Å². The normalized spacial score (nSPS) is 11.9. The van der Waals surface area contributed by atoms with E-state index in [1.807, 2.05) is 25.1 Å². The molecule has 0 amide bonds. The van der Waals surface area contributed by atoms with Crippen LogP contribution in [0.3, 0.4) is 0 Å². The number of benzene rings is 1. The van der Waals surface area contributed by atoms with Gasteiger partial charge in [0.05, 0.1) is 33.0 Å². The van der Waals surface area contributed by atoms with Crippen molar-refractivity contribution < 1.29 is 19.3 Å². The number of aliphatic hydroxyl groups is 1. The van der Waals surface area contributed by atoms with Crippen molar-refractivity contribution in [1.29, 1.82) is 0 Å². The highest BCUT2D eigenvalue weighted by atomic mass is 16.5. The maximum absolute atomic E-state index is 8.83. The van der Waals surface area contributed by atoms with Crippen molar-refractivity contribution in [3.63, 3.8) is 0 Å². The van der Waals surface area contributed by atoms with E-state index < -0.39 is 0 Å². The maximum atomic E-state index is 8.83. The zero-order valence-electron chi connectivity index (χ0n) is 22.4. The van der Waals surface area contributed by atoms with Gasteiger partial charge in [-0.3, -0.25) is 0 Å². The van der Waals surface area contributed by atoms with Crippen LogP contribution in [0.1, 0.15) is 62.8 Å². The molecule has 0 unspecified atom stereocenters. The largest absolute Gasteiger partial charge is 0.496 e. The molecule has 1 aromatic heterocycles. The Kier molecular flexibility index (Phi) is 13.9. The molecule has 2 aromatic rings. The minimum absolute atomic E-state index is 0.140. The maximum Gasteiger partial charge on any atom is 0.222 e. The smallest absolute Gasteiger partial charge is 0.222 e. The molecule has 0 saturated carbocycles. The van der Waals surface area contributed by atoms with E-state index in [-0.39, 0.29) is 18.6 Å². The second kappa shape index (κ2) is 16.9. The number of hydrogen-bond acceptors (Lipinski definition) is 9. The third-order valence-corrected chi connectivity index (χ3v) is 5.85. The number of anilines is 2. The molecular formula is C27H45N5O4. The van der Waals surface area contributed by atoms with Crippen molar-refractivity contribution in [3.8, 4) is 11.5 Å². The van der Waals surface area contributed by atoms with E-state index in [0.29, 0.717) is 26.2 Å². The fourth-order valence-electron chi connectivity index (χ4n) is 3.90. The van der Waals surface area contributed by atoms with Gasteiger partial charge in [0.1, 0.15) is 17.3 Å². The van der Waals surface area contributed by atoms with E-state index in [0.717, 1.165) is 79.4 Å². The Balaban J connectivity index is 2.14. The molecule has 0 aliphatic rings. The van der Waals surface area contributed by atoms with Crippen molar-refractivity contribution in [3.05, 3.63) is 35.0 Å². The number of nitrogens with two attached hydrogens (primary N) is 1. The van der Waals surface area contributed by atoms with Gasteiger partial charge >= 0.3 is 0 Å². The molecule has 9 heteroatoms. The standard InChI is InChI=1S/C27H45N5O4/c1-5-7-15-35-19-22(9-6-2)31-26-24(20(3)30-27(28)32-26)17-21-10-11-23(18-25(21)34-4)36-16-8-12-29-13-14-33/h10-11,18,22,29,33H,5-9,12-17,19H2,1-4H3,(H3,28,30,31,32)/t22-/m0/s1. The van der Waals surface area contributed by atoms with Crippen LogP contribution in [0.25, 0.3) is 0 Å². The molecule has 202 valence electrons. The Morgan fingerprint density at radius 1 is 1.08 bits per heavy atom. The predicted octanol–water partition coefficient (Wildman–Crippen LogP) is 3.71. The number of rotatable bonds is 19. The molecule has 1 atom stereocenters. The number of ether oxygens (including phenoxy) is 3. The third-order valence-electron chi connectivity index (χ3n) is 5.85. The van der Waals surface area contributed by atoms with Crippen LogP contribution in [-0.2, 0) is 11.2 Å².